The number of anilines is 2. The van der Waals surface area contributed by atoms with E-state index < -0.39 is 75.3 Å². The highest BCUT2D eigenvalue weighted by molar-refractivity contribution is 5.93. The Balaban J connectivity index is 1.44. The average molecular weight is 1240 g/mol. The lowest BCUT2D eigenvalue weighted by Crippen LogP contribution is -2.22. The minimum atomic E-state index is -0.683. The number of rotatable bonds is 32. The molecule has 0 unspecified atom stereocenters. The highest BCUT2D eigenvalue weighted by Crippen LogP contribution is 2.42. The Morgan fingerprint density at radius 1 is 0.378 bits per heavy atom. The van der Waals surface area contributed by atoms with Crippen molar-refractivity contribution in [3.63, 3.8) is 0 Å². The fraction of sp³-hybridized carbons (Fsp3) is 0.294. The smallest absolute Gasteiger partial charge is 0.344 e. The van der Waals surface area contributed by atoms with Crippen LogP contribution in [0, 0.1) is 0 Å². The summed E-state index contributed by atoms with van der Waals surface area (Å²) >= 11 is 0. The van der Waals surface area contributed by atoms with Gasteiger partial charge >= 0.3 is 23.9 Å². The lowest BCUT2D eigenvalue weighted by molar-refractivity contribution is -0.146. The van der Waals surface area contributed by atoms with Crippen LogP contribution in [0.25, 0.3) is 0 Å². The minimum absolute atomic E-state index is 0.0500. The van der Waals surface area contributed by atoms with Gasteiger partial charge in [0, 0.05) is 59.3 Å². The predicted molar refractivity (Wildman–Crippen MR) is 329 cm³/mol. The van der Waals surface area contributed by atoms with Gasteiger partial charge < -0.3 is 67.5 Å². The zero-order valence-electron chi connectivity index (χ0n) is 50.4. The van der Waals surface area contributed by atoms with Gasteiger partial charge in [-0.3, -0.25) is 19.2 Å². The van der Waals surface area contributed by atoms with Crippen LogP contribution in [0.15, 0.2) is 122 Å². The summed E-state index contributed by atoms with van der Waals surface area (Å²) in [6.07, 6.45) is 3.95. The van der Waals surface area contributed by atoms with Crippen LogP contribution >= 0.6 is 0 Å². The van der Waals surface area contributed by atoms with Gasteiger partial charge in [0.25, 0.3) is 11.8 Å². The predicted octanol–water partition coefficient (Wildman–Crippen LogP) is 8.92. The Kier molecular flexibility index (Phi) is 25.3. The molecular weight excluding hydrogens is 1160 g/mol. The van der Waals surface area contributed by atoms with Crippen LogP contribution in [-0.4, -0.2) is 128 Å². The molecule has 7 rings (SSSR count). The summed E-state index contributed by atoms with van der Waals surface area (Å²) in [7, 11) is 0. The highest BCUT2D eigenvalue weighted by Gasteiger charge is 2.27. The first kappa shape index (κ1) is 66.9. The molecule has 22 heteroatoms. The molecule has 0 heterocycles. The molecule has 0 saturated carbocycles. The van der Waals surface area contributed by atoms with Gasteiger partial charge in [-0.1, -0.05) is 73.8 Å². The molecule has 0 radical (unpaired) electrons. The number of aldehydes is 2. The van der Waals surface area contributed by atoms with Crippen LogP contribution in [0.2, 0.25) is 0 Å². The summed E-state index contributed by atoms with van der Waals surface area (Å²) in [4.78, 5) is 105. The Morgan fingerprint density at radius 2 is 0.667 bits per heavy atom. The average Bonchev–Trinajstić information content (AvgIpc) is 0.970. The van der Waals surface area contributed by atoms with Gasteiger partial charge in [-0.15, -0.1) is 0 Å². The molecule has 0 aliphatic heterocycles. The molecule has 472 valence electrons. The van der Waals surface area contributed by atoms with Gasteiger partial charge in [-0.25, -0.2) is 19.2 Å². The summed E-state index contributed by atoms with van der Waals surface area (Å²) in [5.74, 6) is -2.69. The first-order valence-corrected chi connectivity index (χ1v) is 28.9. The molecule has 2 N–H and O–H groups in total. The van der Waals surface area contributed by atoms with E-state index in [2.05, 4.69) is 23.8 Å². The van der Waals surface area contributed by atoms with Crippen molar-refractivity contribution in [2.24, 2.45) is 0 Å². The van der Waals surface area contributed by atoms with Crippen LogP contribution in [0.5, 0.6) is 46.0 Å². The molecule has 8 bridgehead atoms. The normalized spacial score (nSPS) is 11.2. The number of carbonyl (C=O) groups is 8. The number of esters is 4. The molecule has 0 aromatic heterocycles. The highest BCUT2D eigenvalue weighted by atomic mass is 16.6. The second-order valence-electron chi connectivity index (χ2n) is 19.6. The molecule has 0 atom stereocenters. The number of carbonyl (C=O) groups excluding carboxylic acids is 8. The van der Waals surface area contributed by atoms with E-state index in [1.807, 2.05) is 0 Å². The number of nitrogens with one attached hydrogen (secondary N) is 2. The number of hydrogen-bond acceptors (Lipinski definition) is 20. The van der Waals surface area contributed by atoms with Crippen molar-refractivity contribution in [1.82, 2.24) is 0 Å². The molecule has 0 saturated heterocycles. The lowest BCUT2D eigenvalue weighted by atomic mass is 9.90. The Bertz CT molecular complexity index is 3270. The third-order valence-corrected chi connectivity index (χ3v) is 13.2. The fourth-order valence-electron chi connectivity index (χ4n) is 9.66. The second kappa shape index (κ2) is 34.0. The maximum Gasteiger partial charge on any atom is 0.344 e. The van der Waals surface area contributed by atoms with E-state index in [1.54, 1.807) is 113 Å². The molecule has 0 spiro atoms. The largest absolute Gasteiger partial charge is 0.485 e. The van der Waals surface area contributed by atoms with E-state index >= 15 is 0 Å². The molecule has 6 aromatic rings. The van der Waals surface area contributed by atoms with E-state index in [4.69, 9.17) is 56.8 Å². The molecule has 1 aliphatic rings. The monoisotopic (exact) mass is 1230 g/mol. The summed E-state index contributed by atoms with van der Waals surface area (Å²) in [5, 5.41) is 5.86. The van der Waals surface area contributed by atoms with Gasteiger partial charge in [0.1, 0.15) is 36.2 Å². The van der Waals surface area contributed by atoms with Crippen molar-refractivity contribution < 1.29 is 95.2 Å². The SMILES string of the molecule is C=CCOc1c(C=O)cccc1OCC(=O)Nc1cc2c(OCC(=O)OCC)c(c1)Cc1cccc(c1OCC(=O)OCC)Cc1cc(NC(=O)COc3cccc(C=O)c3OCC=C)cc(c1OCC(=O)OCC)Cc1cccc(c1OCC(=O)OCC)C2. The molecule has 90 heavy (non-hydrogen) atoms. The number of benzene rings is 6. The number of para-hydroxylation sites is 4. The van der Waals surface area contributed by atoms with Crippen molar-refractivity contribution in [3.8, 4) is 46.0 Å². The van der Waals surface area contributed by atoms with Crippen molar-refractivity contribution >= 4 is 59.6 Å². The van der Waals surface area contributed by atoms with E-state index in [1.165, 1.54) is 24.3 Å². The van der Waals surface area contributed by atoms with Crippen molar-refractivity contribution in [2.45, 2.75) is 53.4 Å². The van der Waals surface area contributed by atoms with Crippen LogP contribution < -0.4 is 48.5 Å². The maximum absolute atomic E-state index is 14.1. The van der Waals surface area contributed by atoms with E-state index in [0.29, 0.717) is 57.1 Å². The Morgan fingerprint density at radius 3 is 0.944 bits per heavy atom. The molecule has 0 fully saturated rings. The standard InChI is InChI=1S/C68H70N2O20/c1-7-25-83-67-47(35-71)21-15-23-55(67)85-37-57(73)69-53-31-49-27-43-17-13-19-45(63(43)87-39-59(75)79-9-3)29-51-33-54(70-58(74)38-86-56-24-16-22-48(36-72)68(56)84-26-8-2)34-52(66(51)90-42-62(78)82-12-6)30-46-20-14-18-44(64(46)88-40-60(76)80-10-4)28-50(32-53)65(49)89-41-61(77)81-11-5/h7-8,13-24,31-36H,1-2,9-12,25-30,37-42H2,3-6H3,(H,69,73)(H,70,74). The minimum Gasteiger partial charge on any atom is -0.485 e. The van der Waals surface area contributed by atoms with Crippen LogP contribution in [0.4, 0.5) is 11.4 Å². The Labute approximate surface area is 520 Å². The maximum atomic E-state index is 14.1. The summed E-state index contributed by atoms with van der Waals surface area (Å²) in [6.45, 7) is 11.0. The van der Waals surface area contributed by atoms with Gasteiger partial charge in [0.15, 0.2) is 75.2 Å². The van der Waals surface area contributed by atoms with Crippen LogP contribution in [0.3, 0.4) is 0 Å². The number of fused-ring (bicyclic) bond motifs is 8. The summed E-state index contributed by atoms with van der Waals surface area (Å²) in [5.41, 5.74) is 4.32. The number of amides is 2. The van der Waals surface area contributed by atoms with Gasteiger partial charge in [0.05, 0.1) is 37.6 Å². The third-order valence-electron chi connectivity index (χ3n) is 13.2. The number of hydrogen-bond donors (Lipinski definition) is 2. The first-order chi connectivity index (χ1) is 43.7. The number of ether oxygens (including phenoxy) is 12. The van der Waals surface area contributed by atoms with Crippen molar-refractivity contribution in [1.29, 1.82) is 0 Å². The second-order valence-corrected chi connectivity index (χ2v) is 19.6. The van der Waals surface area contributed by atoms with Crippen molar-refractivity contribution in [3.05, 3.63) is 178 Å². The Hall–Kier alpha value is -10.6. The van der Waals surface area contributed by atoms with Crippen LogP contribution in [0.1, 0.15) is 92.9 Å². The quantitative estimate of drug-likeness (QED) is 0.0172. The molecule has 6 aromatic carbocycles. The van der Waals surface area contributed by atoms with Gasteiger partial charge in [-0.05, 0) is 98.5 Å². The lowest BCUT2D eigenvalue weighted by Gasteiger charge is -2.24. The van der Waals surface area contributed by atoms with E-state index in [9.17, 15) is 38.4 Å². The molecule has 2 amide bonds. The fourth-order valence-corrected chi connectivity index (χ4v) is 9.66. The van der Waals surface area contributed by atoms with Crippen molar-refractivity contribution in [2.75, 3.05) is 89.9 Å². The van der Waals surface area contributed by atoms with Gasteiger partial charge in [-0.2, -0.15) is 0 Å². The van der Waals surface area contributed by atoms with Gasteiger partial charge in [0.2, 0.25) is 0 Å². The third kappa shape index (κ3) is 18.7. The first-order valence-electron chi connectivity index (χ1n) is 28.9. The topological polar surface area (TPSA) is 271 Å². The van der Waals surface area contributed by atoms with E-state index in [0.717, 1.165) is 0 Å². The molecule has 1 aliphatic carbocycles. The molecule has 22 nitrogen and oxygen atoms in total. The molecular formula is C68H70N2O20. The zero-order chi connectivity index (χ0) is 64.4. The van der Waals surface area contributed by atoms with Crippen LogP contribution in [-0.2, 0) is 73.4 Å². The summed E-state index contributed by atoms with van der Waals surface area (Å²) in [6, 6.07) is 26.4. The summed E-state index contributed by atoms with van der Waals surface area (Å²) < 4.78 is 70.5. The van der Waals surface area contributed by atoms with E-state index in [-0.39, 0.29) is 134 Å². The zero-order valence-corrected chi connectivity index (χ0v) is 50.4.